The van der Waals surface area contributed by atoms with E-state index in [1.807, 2.05) is 24.3 Å². The van der Waals surface area contributed by atoms with E-state index in [0.717, 1.165) is 27.4 Å². The molecule has 0 saturated carbocycles. The number of nitrogens with zero attached hydrogens (tertiary/aromatic N) is 1. The lowest BCUT2D eigenvalue weighted by Gasteiger charge is -2.29. The van der Waals surface area contributed by atoms with Crippen LogP contribution in [0.2, 0.25) is 0 Å². The number of hydrogen-bond acceptors (Lipinski definition) is 3. The third kappa shape index (κ3) is 4.41. The van der Waals surface area contributed by atoms with E-state index in [1.165, 1.54) is 0 Å². The van der Waals surface area contributed by atoms with Crippen molar-refractivity contribution in [3.63, 3.8) is 0 Å². The van der Waals surface area contributed by atoms with E-state index in [0.29, 0.717) is 24.1 Å². The van der Waals surface area contributed by atoms with Crippen molar-refractivity contribution in [2.45, 2.75) is 50.8 Å². The zero-order chi connectivity index (χ0) is 20.3. The highest BCUT2D eigenvalue weighted by Gasteiger charge is 2.25. The summed E-state index contributed by atoms with van der Waals surface area (Å²) in [6.45, 7) is 8.93. The van der Waals surface area contributed by atoms with Crippen molar-refractivity contribution in [1.82, 2.24) is 0 Å². The number of amides is 2. The highest BCUT2D eigenvalue weighted by Crippen LogP contribution is 2.35. The Morgan fingerprint density at radius 1 is 1.04 bits per heavy atom. The molecule has 28 heavy (non-hydrogen) atoms. The van der Waals surface area contributed by atoms with Crippen molar-refractivity contribution in [3.8, 4) is 0 Å². The molecule has 0 aromatic heterocycles. The maximum atomic E-state index is 12.8. The van der Waals surface area contributed by atoms with E-state index in [2.05, 4.69) is 51.2 Å². The van der Waals surface area contributed by atoms with Crippen molar-refractivity contribution in [2.24, 2.45) is 0 Å². The number of anilines is 2. The number of hydrogen-bond donors (Lipinski definition) is 1. The summed E-state index contributed by atoms with van der Waals surface area (Å²) in [5.41, 5.74) is 4.13. The number of para-hydroxylation sites is 2. The standard InChI is InChI=1S/C23H28N2O2S/c1-15(2)17-8-7-9-18(16(3)4)23(17)24-21(26)12-13-25-19-10-5-6-11-20(19)28-14-22(25)27/h5-11,15-16H,12-14H2,1-4H3,(H,24,26). The van der Waals surface area contributed by atoms with E-state index >= 15 is 0 Å². The van der Waals surface area contributed by atoms with Gasteiger partial charge < -0.3 is 10.2 Å². The van der Waals surface area contributed by atoms with Crippen LogP contribution in [0.15, 0.2) is 47.4 Å². The Bertz CT molecular complexity index is 850. The molecule has 2 amide bonds. The highest BCUT2D eigenvalue weighted by molar-refractivity contribution is 8.00. The first kappa shape index (κ1) is 20.5. The van der Waals surface area contributed by atoms with E-state index in [-0.39, 0.29) is 18.2 Å². The zero-order valence-corrected chi connectivity index (χ0v) is 17.8. The Balaban J connectivity index is 1.75. The van der Waals surface area contributed by atoms with Gasteiger partial charge in [0.15, 0.2) is 0 Å². The average molecular weight is 397 g/mol. The minimum atomic E-state index is -0.0569. The molecular weight excluding hydrogens is 368 g/mol. The summed E-state index contributed by atoms with van der Waals surface area (Å²) in [5.74, 6) is 1.07. The molecule has 3 rings (SSSR count). The average Bonchev–Trinajstić information content (AvgIpc) is 2.67. The molecule has 0 spiro atoms. The van der Waals surface area contributed by atoms with Gasteiger partial charge in [0.2, 0.25) is 11.8 Å². The molecule has 2 aromatic rings. The molecule has 1 aliphatic heterocycles. The van der Waals surface area contributed by atoms with Gasteiger partial charge in [0.1, 0.15) is 0 Å². The van der Waals surface area contributed by atoms with Gasteiger partial charge in [-0.15, -0.1) is 11.8 Å². The van der Waals surface area contributed by atoms with Crippen LogP contribution in [0, 0.1) is 0 Å². The second-order valence-electron chi connectivity index (χ2n) is 7.72. The number of carbonyl (C=O) groups excluding carboxylic acids is 2. The van der Waals surface area contributed by atoms with Gasteiger partial charge in [-0.25, -0.2) is 0 Å². The molecule has 0 atom stereocenters. The number of rotatable bonds is 6. The van der Waals surface area contributed by atoms with Crippen LogP contribution in [-0.2, 0) is 9.59 Å². The van der Waals surface area contributed by atoms with Crippen LogP contribution in [0.5, 0.6) is 0 Å². The number of thioether (sulfide) groups is 1. The number of carbonyl (C=O) groups is 2. The van der Waals surface area contributed by atoms with Crippen LogP contribution in [0.25, 0.3) is 0 Å². The number of benzene rings is 2. The molecule has 0 unspecified atom stereocenters. The van der Waals surface area contributed by atoms with Crippen LogP contribution in [-0.4, -0.2) is 24.1 Å². The third-order valence-electron chi connectivity index (χ3n) is 5.01. The molecule has 1 heterocycles. The van der Waals surface area contributed by atoms with E-state index in [1.54, 1.807) is 16.7 Å². The first-order chi connectivity index (χ1) is 13.4. The van der Waals surface area contributed by atoms with Gasteiger partial charge in [0.25, 0.3) is 0 Å². The molecule has 148 valence electrons. The third-order valence-corrected chi connectivity index (χ3v) is 6.06. The van der Waals surface area contributed by atoms with Crippen molar-refractivity contribution in [1.29, 1.82) is 0 Å². The van der Waals surface area contributed by atoms with Crippen molar-refractivity contribution < 1.29 is 9.59 Å². The van der Waals surface area contributed by atoms with E-state index in [9.17, 15) is 9.59 Å². The molecule has 2 aromatic carbocycles. The van der Waals surface area contributed by atoms with Crippen molar-refractivity contribution in [3.05, 3.63) is 53.6 Å². The molecule has 1 aliphatic rings. The molecule has 0 fully saturated rings. The molecule has 5 heteroatoms. The Labute approximate surface area is 171 Å². The van der Waals surface area contributed by atoms with E-state index in [4.69, 9.17) is 0 Å². The molecule has 0 aliphatic carbocycles. The van der Waals surface area contributed by atoms with Gasteiger partial charge in [0.05, 0.1) is 11.4 Å². The predicted molar refractivity (Wildman–Crippen MR) is 117 cm³/mol. The van der Waals surface area contributed by atoms with Gasteiger partial charge in [-0.2, -0.15) is 0 Å². The maximum Gasteiger partial charge on any atom is 0.237 e. The van der Waals surface area contributed by atoms with Gasteiger partial charge >= 0.3 is 0 Å². The lowest BCUT2D eigenvalue weighted by molar-refractivity contribution is -0.117. The summed E-state index contributed by atoms with van der Waals surface area (Å²) in [4.78, 5) is 28.0. The number of nitrogens with one attached hydrogen (secondary N) is 1. The molecule has 4 nitrogen and oxygen atoms in total. The SMILES string of the molecule is CC(C)c1cccc(C(C)C)c1NC(=O)CCN1C(=O)CSc2ccccc21. The van der Waals surface area contributed by atoms with Gasteiger partial charge in [-0.05, 0) is 35.1 Å². The first-order valence-corrected chi connectivity index (χ1v) is 10.8. The largest absolute Gasteiger partial charge is 0.326 e. The summed E-state index contributed by atoms with van der Waals surface area (Å²) in [6.07, 6.45) is 0.273. The summed E-state index contributed by atoms with van der Waals surface area (Å²) in [6, 6.07) is 14.1. The van der Waals surface area contributed by atoms with Gasteiger partial charge in [0, 0.05) is 23.5 Å². The molecular formula is C23H28N2O2S. The molecule has 1 N–H and O–H groups in total. The Hall–Kier alpha value is -2.27. The lowest BCUT2D eigenvalue weighted by atomic mass is 9.92. The first-order valence-electron chi connectivity index (χ1n) is 9.83. The van der Waals surface area contributed by atoms with Crippen LogP contribution in [0.3, 0.4) is 0 Å². The summed E-state index contributed by atoms with van der Waals surface area (Å²) >= 11 is 1.56. The van der Waals surface area contributed by atoms with E-state index < -0.39 is 0 Å². The van der Waals surface area contributed by atoms with Crippen LogP contribution in [0.1, 0.15) is 57.1 Å². The van der Waals surface area contributed by atoms with Crippen molar-refractivity contribution in [2.75, 3.05) is 22.5 Å². The van der Waals surface area contributed by atoms with Crippen LogP contribution < -0.4 is 10.2 Å². The monoisotopic (exact) mass is 396 g/mol. The predicted octanol–water partition coefficient (Wildman–Crippen LogP) is 5.40. The fourth-order valence-corrected chi connectivity index (χ4v) is 4.45. The molecule has 0 radical (unpaired) electrons. The Morgan fingerprint density at radius 2 is 1.68 bits per heavy atom. The smallest absolute Gasteiger partial charge is 0.237 e. The Kier molecular flexibility index (Phi) is 6.45. The summed E-state index contributed by atoms with van der Waals surface area (Å²) in [5, 5.41) is 3.14. The summed E-state index contributed by atoms with van der Waals surface area (Å²) < 4.78 is 0. The zero-order valence-electron chi connectivity index (χ0n) is 17.0. The second kappa shape index (κ2) is 8.82. The summed E-state index contributed by atoms with van der Waals surface area (Å²) in [7, 11) is 0. The van der Waals surface area contributed by atoms with Gasteiger partial charge in [-0.1, -0.05) is 58.0 Å². The fraction of sp³-hybridized carbons (Fsp3) is 0.391. The lowest BCUT2D eigenvalue weighted by Crippen LogP contribution is -2.37. The quantitative estimate of drug-likeness (QED) is 0.711. The van der Waals surface area contributed by atoms with Crippen LogP contribution >= 0.6 is 11.8 Å². The second-order valence-corrected chi connectivity index (χ2v) is 8.74. The highest BCUT2D eigenvalue weighted by atomic mass is 32.2. The molecule has 0 saturated heterocycles. The topological polar surface area (TPSA) is 49.4 Å². The molecule has 0 bridgehead atoms. The Morgan fingerprint density at radius 3 is 2.32 bits per heavy atom. The minimum Gasteiger partial charge on any atom is -0.326 e. The normalized spacial score (nSPS) is 13.8. The van der Waals surface area contributed by atoms with Crippen molar-refractivity contribution >= 4 is 35.0 Å². The van der Waals surface area contributed by atoms with Crippen LogP contribution in [0.4, 0.5) is 11.4 Å². The fourth-order valence-electron chi connectivity index (χ4n) is 3.51. The maximum absolute atomic E-state index is 12.8. The number of fused-ring (bicyclic) bond motifs is 1. The van der Waals surface area contributed by atoms with Gasteiger partial charge in [-0.3, -0.25) is 9.59 Å². The minimum absolute atomic E-state index is 0.0569.